The highest BCUT2D eigenvalue weighted by Crippen LogP contribution is 2.19. The first-order chi connectivity index (χ1) is 12.2. The summed E-state index contributed by atoms with van der Waals surface area (Å²) in [6.07, 6.45) is 2.60. The lowest BCUT2D eigenvalue weighted by Gasteiger charge is -2.21. The second-order valence-corrected chi connectivity index (χ2v) is 7.78. The fourth-order valence-corrected chi connectivity index (χ4v) is 3.32. The largest absolute Gasteiger partial charge is 0.346 e. The molecule has 0 radical (unpaired) electrons. The van der Waals surface area contributed by atoms with E-state index < -0.39 is 10.0 Å². The predicted molar refractivity (Wildman–Crippen MR) is 101 cm³/mol. The number of nitrogens with zero attached hydrogens (tertiary/aromatic N) is 1. The predicted octanol–water partition coefficient (Wildman–Crippen LogP) is 3.27. The number of halogens is 1. The smallest absolute Gasteiger partial charge is 0.251 e. The molecule has 0 saturated heterocycles. The van der Waals surface area contributed by atoms with Crippen LogP contribution in [0.3, 0.4) is 0 Å². The molecule has 0 fully saturated rings. The van der Waals surface area contributed by atoms with Crippen molar-refractivity contribution in [2.24, 2.45) is 0 Å². The zero-order valence-electron chi connectivity index (χ0n) is 14.6. The van der Waals surface area contributed by atoms with Crippen molar-refractivity contribution in [3.05, 3.63) is 78.1 Å². The second-order valence-electron chi connectivity index (χ2n) is 5.88. The van der Waals surface area contributed by atoms with E-state index >= 15 is 0 Å². The van der Waals surface area contributed by atoms with E-state index in [2.05, 4.69) is 11.9 Å². The van der Waals surface area contributed by atoms with Crippen molar-refractivity contribution in [3.63, 3.8) is 0 Å². The number of hydrogen-bond donors (Lipinski definition) is 1. The molecule has 0 aromatic heterocycles. The van der Waals surface area contributed by atoms with Crippen LogP contribution in [0.5, 0.6) is 0 Å². The molecule has 2 aromatic carbocycles. The molecule has 5 nitrogen and oxygen atoms in total. The number of benzene rings is 2. The first kappa shape index (κ1) is 19.7. The Morgan fingerprint density at radius 3 is 2.27 bits per heavy atom. The summed E-state index contributed by atoms with van der Waals surface area (Å²) >= 11 is 0. The number of amides is 1. The van der Waals surface area contributed by atoms with Crippen LogP contribution >= 0.6 is 0 Å². The quantitative estimate of drug-likeness (QED) is 0.754. The maximum absolute atomic E-state index is 13.0. The average molecular weight is 376 g/mol. The normalized spacial score (nSPS) is 12.3. The second kappa shape index (κ2) is 8.14. The average Bonchev–Trinajstić information content (AvgIpc) is 2.59. The van der Waals surface area contributed by atoms with E-state index in [1.807, 2.05) is 0 Å². The van der Waals surface area contributed by atoms with E-state index in [1.165, 1.54) is 22.5 Å². The van der Waals surface area contributed by atoms with Gasteiger partial charge in [0, 0.05) is 5.56 Å². The van der Waals surface area contributed by atoms with E-state index in [4.69, 9.17) is 0 Å². The minimum absolute atomic E-state index is 0.145. The number of sulfonamides is 1. The Labute approximate surface area is 153 Å². The summed E-state index contributed by atoms with van der Waals surface area (Å²) in [5.74, 6) is -0.638. The third kappa shape index (κ3) is 4.92. The Morgan fingerprint density at radius 2 is 1.77 bits per heavy atom. The zero-order chi connectivity index (χ0) is 19.3. The van der Waals surface area contributed by atoms with Crippen molar-refractivity contribution in [2.75, 3.05) is 17.1 Å². The van der Waals surface area contributed by atoms with Crippen LogP contribution in [0.15, 0.2) is 61.2 Å². The number of nitrogens with one attached hydrogen (secondary N) is 1. The van der Waals surface area contributed by atoms with Gasteiger partial charge in [0.15, 0.2) is 0 Å². The van der Waals surface area contributed by atoms with Crippen LogP contribution in [0.1, 0.15) is 28.9 Å². The fraction of sp³-hybridized carbons (Fsp3) is 0.211. The van der Waals surface area contributed by atoms with Gasteiger partial charge in [0.25, 0.3) is 5.91 Å². The highest BCUT2D eigenvalue weighted by atomic mass is 32.2. The summed E-state index contributed by atoms with van der Waals surface area (Å²) in [4.78, 5) is 12.4. The SMILES string of the molecule is C=CCN(c1ccc(C(=O)N[C@@H](C)c2ccc(F)cc2)cc1)S(C)(=O)=O. The van der Waals surface area contributed by atoms with Crippen LogP contribution in [0.2, 0.25) is 0 Å². The van der Waals surface area contributed by atoms with Crippen molar-refractivity contribution in [3.8, 4) is 0 Å². The van der Waals surface area contributed by atoms with E-state index in [9.17, 15) is 17.6 Å². The third-order valence-corrected chi connectivity index (χ3v) is 4.99. The van der Waals surface area contributed by atoms with Crippen molar-refractivity contribution in [1.82, 2.24) is 5.32 Å². The first-order valence-corrected chi connectivity index (χ1v) is 9.82. The Bertz CT molecular complexity index is 878. The van der Waals surface area contributed by atoms with Crippen molar-refractivity contribution >= 4 is 21.6 Å². The summed E-state index contributed by atoms with van der Waals surface area (Å²) in [6, 6.07) is 11.9. The minimum Gasteiger partial charge on any atom is -0.346 e. The maximum atomic E-state index is 13.0. The van der Waals surface area contributed by atoms with Gasteiger partial charge in [0.05, 0.1) is 24.5 Å². The van der Waals surface area contributed by atoms with Gasteiger partial charge in [0.2, 0.25) is 10.0 Å². The highest BCUT2D eigenvalue weighted by Gasteiger charge is 2.17. The molecule has 138 valence electrons. The standard InChI is InChI=1S/C19H21FN2O3S/c1-4-13-22(26(3,24)25)18-11-7-16(8-12-18)19(23)21-14(2)15-5-9-17(20)10-6-15/h4-12,14H,1,13H2,2-3H3,(H,21,23)/t14-/m0/s1. The van der Waals surface area contributed by atoms with Gasteiger partial charge in [-0.25, -0.2) is 12.8 Å². The van der Waals surface area contributed by atoms with E-state index in [1.54, 1.807) is 43.3 Å². The highest BCUT2D eigenvalue weighted by molar-refractivity contribution is 7.92. The summed E-state index contributed by atoms with van der Waals surface area (Å²) in [5, 5.41) is 2.83. The van der Waals surface area contributed by atoms with Crippen LogP contribution in [0.25, 0.3) is 0 Å². The van der Waals surface area contributed by atoms with Crippen LogP contribution in [0.4, 0.5) is 10.1 Å². The van der Waals surface area contributed by atoms with Crippen LogP contribution in [-0.4, -0.2) is 27.1 Å². The van der Waals surface area contributed by atoms with Crippen LogP contribution in [-0.2, 0) is 10.0 Å². The molecule has 1 N–H and O–H groups in total. The zero-order valence-corrected chi connectivity index (χ0v) is 15.5. The Kier molecular flexibility index (Phi) is 6.15. The van der Waals surface area contributed by atoms with Crippen LogP contribution in [0, 0.1) is 5.82 Å². The molecular formula is C19H21FN2O3S. The van der Waals surface area contributed by atoms with E-state index in [0.717, 1.165) is 11.8 Å². The lowest BCUT2D eigenvalue weighted by atomic mass is 10.1. The topological polar surface area (TPSA) is 66.5 Å². The molecule has 0 heterocycles. The summed E-state index contributed by atoms with van der Waals surface area (Å²) in [6.45, 7) is 5.50. The minimum atomic E-state index is -3.44. The van der Waals surface area contributed by atoms with Gasteiger partial charge in [-0.05, 0) is 48.9 Å². The van der Waals surface area contributed by atoms with Gasteiger partial charge in [0.1, 0.15) is 5.82 Å². The van der Waals surface area contributed by atoms with Gasteiger partial charge in [-0.15, -0.1) is 6.58 Å². The first-order valence-electron chi connectivity index (χ1n) is 7.97. The van der Waals surface area contributed by atoms with Gasteiger partial charge in [-0.2, -0.15) is 0 Å². The molecule has 26 heavy (non-hydrogen) atoms. The van der Waals surface area contributed by atoms with Gasteiger partial charge >= 0.3 is 0 Å². The molecule has 1 atom stereocenters. The third-order valence-electron chi connectivity index (χ3n) is 3.83. The number of carbonyl (C=O) groups is 1. The number of carbonyl (C=O) groups excluding carboxylic acids is 1. The molecule has 2 rings (SSSR count). The van der Waals surface area contributed by atoms with Crippen molar-refractivity contribution in [2.45, 2.75) is 13.0 Å². The molecule has 0 bridgehead atoms. The van der Waals surface area contributed by atoms with Gasteiger partial charge in [-0.3, -0.25) is 9.10 Å². The molecule has 2 aromatic rings. The maximum Gasteiger partial charge on any atom is 0.251 e. The number of anilines is 1. The Morgan fingerprint density at radius 1 is 1.19 bits per heavy atom. The summed E-state index contributed by atoms with van der Waals surface area (Å²) in [7, 11) is -3.44. The fourth-order valence-electron chi connectivity index (χ4n) is 2.44. The molecule has 7 heteroatoms. The summed E-state index contributed by atoms with van der Waals surface area (Å²) < 4.78 is 37.9. The van der Waals surface area contributed by atoms with Crippen LogP contribution < -0.4 is 9.62 Å². The van der Waals surface area contributed by atoms with E-state index in [0.29, 0.717) is 11.3 Å². The molecule has 0 aliphatic heterocycles. The molecule has 0 aliphatic carbocycles. The van der Waals surface area contributed by atoms with Gasteiger partial charge < -0.3 is 5.32 Å². The Hall–Kier alpha value is -2.67. The van der Waals surface area contributed by atoms with Crippen molar-refractivity contribution in [1.29, 1.82) is 0 Å². The molecule has 1 amide bonds. The lowest BCUT2D eigenvalue weighted by Crippen LogP contribution is -2.30. The van der Waals surface area contributed by atoms with E-state index in [-0.39, 0.29) is 24.3 Å². The molecule has 0 aliphatic rings. The molecule has 0 saturated carbocycles. The Balaban J connectivity index is 2.13. The molecule has 0 spiro atoms. The lowest BCUT2D eigenvalue weighted by molar-refractivity contribution is 0.0940. The van der Waals surface area contributed by atoms with Gasteiger partial charge in [-0.1, -0.05) is 18.2 Å². The number of hydrogen-bond acceptors (Lipinski definition) is 3. The molecular weight excluding hydrogens is 355 g/mol. The summed E-state index contributed by atoms with van der Waals surface area (Å²) in [5.41, 5.74) is 1.64. The van der Waals surface area contributed by atoms with Crippen molar-refractivity contribution < 1.29 is 17.6 Å². The number of rotatable bonds is 7. The molecule has 0 unspecified atom stereocenters. The monoisotopic (exact) mass is 376 g/mol.